The maximum Gasteiger partial charge on any atom is 0.161 e. The molecule has 1 N–H and O–H groups in total. The van der Waals surface area contributed by atoms with Gasteiger partial charge in [0, 0.05) is 36.2 Å². The number of anilines is 1. The van der Waals surface area contributed by atoms with Crippen molar-refractivity contribution in [2.24, 2.45) is 0 Å². The number of ketones is 1. The van der Waals surface area contributed by atoms with Gasteiger partial charge in [-0.15, -0.1) is 0 Å². The van der Waals surface area contributed by atoms with Crippen molar-refractivity contribution in [3.63, 3.8) is 0 Å². The number of ether oxygens (including phenoxy) is 1. The van der Waals surface area contributed by atoms with Crippen LogP contribution in [0, 0.1) is 25.2 Å². The summed E-state index contributed by atoms with van der Waals surface area (Å²) in [7, 11) is 1.67. The lowest BCUT2D eigenvalue weighted by Gasteiger charge is -2.11. The molecular formula is C18H22N4O2. The number of rotatable bonds is 7. The average molecular weight is 326 g/mol. The van der Waals surface area contributed by atoms with Crippen molar-refractivity contribution in [3.05, 3.63) is 46.3 Å². The predicted molar refractivity (Wildman–Crippen MR) is 92.1 cm³/mol. The van der Waals surface area contributed by atoms with Crippen LogP contribution >= 0.6 is 0 Å². The van der Waals surface area contributed by atoms with Crippen LogP contribution in [0.15, 0.2) is 18.2 Å². The molecule has 0 fully saturated rings. The summed E-state index contributed by atoms with van der Waals surface area (Å²) < 4.78 is 7.03. The van der Waals surface area contributed by atoms with E-state index in [9.17, 15) is 4.79 Å². The first-order chi connectivity index (χ1) is 11.5. The van der Waals surface area contributed by atoms with Crippen LogP contribution in [0.5, 0.6) is 0 Å². The maximum absolute atomic E-state index is 11.8. The summed E-state index contributed by atoms with van der Waals surface area (Å²) in [5.74, 6) is -0.0359. The number of aromatic nitrogens is 2. The molecule has 0 aliphatic heterocycles. The van der Waals surface area contributed by atoms with Gasteiger partial charge in [-0.3, -0.25) is 9.48 Å². The van der Waals surface area contributed by atoms with Crippen molar-refractivity contribution in [2.45, 2.75) is 33.9 Å². The summed E-state index contributed by atoms with van der Waals surface area (Å²) in [6.45, 7) is 7.35. The molecule has 0 atom stereocenters. The fourth-order valence-corrected chi connectivity index (χ4v) is 2.64. The van der Waals surface area contributed by atoms with E-state index >= 15 is 0 Å². The largest absolute Gasteiger partial charge is 0.383 e. The number of Topliss-reactive ketones (excluding diaryl/α,β-unsaturated/α-hetero) is 1. The van der Waals surface area contributed by atoms with Gasteiger partial charge in [0.2, 0.25) is 0 Å². The number of methoxy groups -OCH3 is 1. The molecule has 1 heterocycles. The lowest BCUT2D eigenvalue weighted by Crippen LogP contribution is -2.09. The zero-order valence-electron chi connectivity index (χ0n) is 14.5. The Kier molecular flexibility index (Phi) is 5.72. The first-order valence-corrected chi connectivity index (χ1v) is 7.78. The Bertz CT molecular complexity index is 787. The number of hydrogen-bond donors (Lipinski definition) is 1. The van der Waals surface area contributed by atoms with E-state index in [1.807, 2.05) is 18.5 Å². The Morgan fingerprint density at radius 1 is 1.42 bits per heavy atom. The van der Waals surface area contributed by atoms with E-state index in [2.05, 4.69) is 16.5 Å². The van der Waals surface area contributed by atoms with Crippen LogP contribution in [0.2, 0.25) is 0 Å². The highest BCUT2D eigenvalue weighted by atomic mass is 16.5. The minimum Gasteiger partial charge on any atom is -0.383 e. The van der Waals surface area contributed by atoms with Gasteiger partial charge in [0.1, 0.15) is 0 Å². The van der Waals surface area contributed by atoms with Gasteiger partial charge in [-0.25, -0.2) is 0 Å². The molecule has 1 aromatic carbocycles. The van der Waals surface area contributed by atoms with Crippen molar-refractivity contribution < 1.29 is 9.53 Å². The van der Waals surface area contributed by atoms with E-state index in [4.69, 9.17) is 10.00 Å². The molecule has 1 aromatic heterocycles. The highest BCUT2D eigenvalue weighted by molar-refractivity contribution is 5.99. The molecule has 0 bridgehead atoms. The first kappa shape index (κ1) is 17.7. The number of carbonyl (C=O) groups is 1. The van der Waals surface area contributed by atoms with Gasteiger partial charge in [-0.2, -0.15) is 10.4 Å². The van der Waals surface area contributed by atoms with E-state index in [0.717, 1.165) is 17.0 Å². The summed E-state index contributed by atoms with van der Waals surface area (Å²) in [5.41, 5.74) is 4.87. The van der Waals surface area contributed by atoms with Crippen molar-refractivity contribution in [3.8, 4) is 6.07 Å². The molecule has 2 rings (SSSR count). The van der Waals surface area contributed by atoms with Gasteiger partial charge in [0.15, 0.2) is 5.78 Å². The van der Waals surface area contributed by atoms with Crippen LogP contribution in [-0.4, -0.2) is 29.3 Å². The molecule has 0 radical (unpaired) electrons. The predicted octanol–water partition coefficient (Wildman–Crippen LogP) is 2.83. The molecule has 0 saturated carbocycles. The van der Waals surface area contributed by atoms with Crippen LogP contribution in [0.4, 0.5) is 5.69 Å². The molecule has 0 aliphatic rings. The Morgan fingerprint density at radius 3 is 2.79 bits per heavy atom. The second-order valence-electron chi connectivity index (χ2n) is 5.65. The smallest absolute Gasteiger partial charge is 0.161 e. The monoisotopic (exact) mass is 326 g/mol. The molecule has 0 amide bonds. The van der Waals surface area contributed by atoms with E-state index < -0.39 is 0 Å². The molecule has 24 heavy (non-hydrogen) atoms. The highest BCUT2D eigenvalue weighted by Gasteiger charge is 2.13. The van der Waals surface area contributed by atoms with Crippen LogP contribution in [-0.2, 0) is 17.8 Å². The summed E-state index contributed by atoms with van der Waals surface area (Å²) in [6, 6.07) is 7.14. The van der Waals surface area contributed by atoms with Crippen LogP contribution in [0.25, 0.3) is 0 Å². The number of hydrogen-bond acceptors (Lipinski definition) is 5. The SMILES string of the molecule is COCCn1nc(C)c(CNc2cc(C#N)ccc2C(C)=O)c1C. The second kappa shape index (κ2) is 7.75. The quantitative estimate of drug-likeness (QED) is 0.791. The Morgan fingerprint density at radius 2 is 2.17 bits per heavy atom. The summed E-state index contributed by atoms with van der Waals surface area (Å²) >= 11 is 0. The third-order valence-corrected chi connectivity index (χ3v) is 4.02. The number of benzene rings is 1. The van der Waals surface area contributed by atoms with Gasteiger partial charge >= 0.3 is 0 Å². The van der Waals surface area contributed by atoms with Crippen LogP contribution in [0.3, 0.4) is 0 Å². The maximum atomic E-state index is 11.8. The molecule has 6 nitrogen and oxygen atoms in total. The van der Waals surface area contributed by atoms with E-state index in [1.165, 1.54) is 6.92 Å². The molecule has 6 heteroatoms. The molecule has 126 valence electrons. The summed E-state index contributed by atoms with van der Waals surface area (Å²) in [5, 5.41) is 16.9. The zero-order chi connectivity index (χ0) is 17.7. The Hall–Kier alpha value is -2.65. The van der Waals surface area contributed by atoms with Gasteiger partial charge in [-0.05, 0) is 39.0 Å². The minimum absolute atomic E-state index is 0.0359. The van der Waals surface area contributed by atoms with Crippen molar-refractivity contribution in [2.75, 3.05) is 19.0 Å². The Balaban J connectivity index is 2.24. The number of nitrogens with one attached hydrogen (secondary N) is 1. The van der Waals surface area contributed by atoms with Gasteiger partial charge < -0.3 is 10.1 Å². The third kappa shape index (κ3) is 3.81. The minimum atomic E-state index is -0.0359. The van der Waals surface area contributed by atoms with Crippen molar-refractivity contribution in [1.29, 1.82) is 5.26 Å². The number of nitriles is 1. The number of nitrogens with zero attached hydrogens (tertiary/aromatic N) is 3. The lowest BCUT2D eigenvalue weighted by molar-refractivity contribution is 0.101. The number of carbonyl (C=O) groups excluding carboxylic acids is 1. The molecule has 0 unspecified atom stereocenters. The third-order valence-electron chi connectivity index (χ3n) is 4.02. The van der Waals surface area contributed by atoms with Gasteiger partial charge in [0.25, 0.3) is 0 Å². The highest BCUT2D eigenvalue weighted by Crippen LogP contribution is 2.21. The van der Waals surface area contributed by atoms with E-state index in [0.29, 0.717) is 36.5 Å². The van der Waals surface area contributed by atoms with Crippen LogP contribution in [0.1, 0.15) is 39.8 Å². The topological polar surface area (TPSA) is 79.9 Å². The Labute approximate surface area is 142 Å². The van der Waals surface area contributed by atoms with Gasteiger partial charge in [0.05, 0.1) is 30.5 Å². The molecule has 0 aliphatic carbocycles. The van der Waals surface area contributed by atoms with Crippen molar-refractivity contribution in [1.82, 2.24) is 9.78 Å². The first-order valence-electron chi connectivity index (χ1n) is 7.78. The fraction of sp³-hybridized carbons (Fsp3) is 0.389. The summed E-state index contributed by atoms with van der Waals surface area (Å²) in [4.78, 5) is 11.8. The second-order valence-corrected chi connectivity index (χ2v) is 5.65. The molecular weight excluding hydrogens is 304 g/mol. The van der Waals surface area contributed by atoms with E-state index in [1.54, 1.807) is 25.3 Å². The molecule has 2 aromatic rings. The van der Waals surface area contributed by atoms with Gasteiger partial charge in [-0.1, -0.05) is 0 Å². The average Bonchev–Trinajstić information content (AvgIpc) is 2.84. The zero-order valence-corrected chi connectivity index (χ0v) is 14.5. The van der Waals surface area contributed by atoms with Crippen LogP contribution < -0.4 is 5.32 Å². The lowest BCUT2D eigenvalue weighted by atomic mass is 10.1. The van der Waals surface area contributed by atoms with Crippen molar-refractivity contribution >= 4 is 11.5 Å². The summed E-state index contributed by atoms with van der Waals surface area (Å²) in [6.07, 6.45) is 0. The van der Waals surface area contributed by atoms with E-state index in [-0.39, 0.29) is 5.78 Å². The molecule has 0 saturated heterocycles. The normalized spacial score (nSPS) is 10.5. The standard InChI is InChI=1S/C18H22N4O2/c1-12-17(13(2)22(21-12)7-8-24-4)11-20-18-9-15(10-19)5-6-16(18)14(3)23/h5-6,9,20H,7-8,11H2,1-4H3. The fourth-order valence-electron chi connectivity index (χ4n) is 2.64. The number of aryl methyl sites for hydroxylation is 1. The molecule has 0 spiro atoms.